The molecule has 0 bridgehead atoms. The predicted octanol–water partition coefficient (Wildman–Crippen LogP) is 4.07. The Hall–Kier alpha value is -2.42. The van der Waals surface area contributed by atoms with Crippen LogP contribution < -0.4 is 10.6 Å². The van der Waals surface area contributed by atoms with Crippen molar-refractivity contribution in [3.63, 3.8) is 0 Å². The van der Waals surface area contributed by atoms with E-state index >= 15 is 0 Å². The largest absolute Gasteiger partial charge is 0.357 e. The van der Waals surface area contributed by atoms with Crippen LogP contribution >= 0.6 is 24.0 Å². The van der Waals surface area contributed by atoms with Gasteiger partial charge < -0.3 is 10.6 Å². The maximum atomic E-state index is 4.67. The van der Waals surface area contributed by atoms with Crippen LogP contribution in [0.3, 0.4) is 0 Å². The van der Waals surface area contributed by atoms with Crippen molar-refractivity contribution in [3.8, 4) is 5.82 Å². The van der Waals surface area contributed by atoms with Crippen LogP contribution in [0.15, 0.2) is 53.7 Å². The van der Waals surface area contributed by atoms with Gasteiger partial charge in [-0.2, -0.15) is 5.10 Å². The van der Waals surface area contributed by atoms with Gasteiger partial charge in [0.15, 0.2) is 11.8 Å². The number of aliphatic imine (C=N–C) groups is 1. The minimum Gasteiger partial charge on any atom is -0.357 e. The zero-order valence-electron chi connectivity index (χ0n) is 17.4. The summed E-state index contributed by atoms with van der Waals surface area (Å²) in [7, 11) is 0. The van der Waals surface area contributed by atoms with Crippen LogP contribution in [0.2, 0.25) is 0 Å². The molecule has 0 amide bonds. The molecule has 0 radical (unpaired) electrons. The van der Waals surface area contributed by atoms with E-state index in [1.165, 1.54) is 11.1 Å². The first kappa shape index (κ1) is 22.9. The standard InChI is InChI=1S/C22H28N6.HI/c1-5-23-22(25-13-19-8-6-16(2)7-9-19)26-15-20-10-11-21(24-14-20)28-18(4)12-17(3)27-28;/h6-12,14H,5,13,15H2,1-4H3,(H2,23,25,26);1H. The van der Waals surface area contributed by atoms with E-state index in [1.807, 2.05) is 42.9 Å². The molecule has 0 atom stereocenters. The van der Waals surface area contributed by atoms with Gasteiger partial charge in [0, 0.05) is 25.0 Å². The minimum absolute atomic E-state index is 0. The number of hydrogen-bond acceptors (Lipinski definition) is 3. The van der Waals surface area contributed by atoms with Gasteiger partial charge in [0.05, 0.1) is 12.2 Å². The number of nitrogens with one attached hydrogen (secondary N) is 2. The SMILES string of the molecule is CCNC(=NCc1ccc(-n2nc(C)cc2C)nc1)NCc1ccc(C)cc1.I. The first-order valence-corrected chi connectivity index (χ1v) is 9.61. The summed E-state index contributed by atoms with van der Waals surface area (Å²) in [6.07, 6.45) is 1.86. The second kappa shape index (κ2) is 10.9. The van der Waals surface area contributed by atoms with Gasteiger partial charge in [-0.15, -0.1) is 24.0 Å². The molecule has 0 aliphatic carbocycles. The summed E-state index contributed by atoms with van der Waals surface area (Å²) in [6, 6.07) is 14.6. The van der Waals surface area contributed by atoms with Gasteiger partial charge in [-0.3, -0.25) is 0 Å². The smallest absolute Gasteiger partial charge is 0.191 e. The zero-order chi connectivity index (χ0) is 19.9. The van der Waals surface area contributed by atoms with E-state index < -0.39 is 0 Å². The van der Waals surface area contributed by atoms with Gasteiger partial charge in [0.2, 0.25) is 0 Å². The van der Waals surface area contributed by atoms with Crippen molar-refractivity contribution in [2.45, 2.75) is 40.8 Å². The van der Waals surface area contributed by atoms with Gasteiger partial charge in [-0.1, -0.05) is 35.9 Å². The van der Waals surface area contributed by atoms with E-state index in [0.717, 1.165) is 41.8 Å². The number of aryl methyl sites for hydroxylation is 3. The molecule has 3 aromatic rings. The van der Waals surface area contributed by atoms with Crippen LogP contribution in [-0.4, -0.2) is 27.3 Å². The quantitative estimate of drug-likeness (QED) is 0.302. The summed E-state index contributed by atoms with van der Waals surface area (Å²) >= 11 is 0. The van der Waals surface area contributed by atoms with Gasteiger partial charge >= 0.3 is 0 Å². The highest BCUT2D eigenvalue weighted by molar-refractivity contribution is 14.0. The van der Waals surface area contributed by atoms with E-state index in [4.69, 9.17) is 0 Å². The fourth-order valence-electron chi connectivity index (χ4n) is 2.90. The molecule has 0 unspecified atom stereocenters. The van der Waals surface area contributed by atoms with Crippen LogP contribution in [-0.2, 0) is 13.1 Å². The van der Waals surface area contributed by atoms with Crippen molar-refractivity contribution in [2.75, 3.05) is 6.54 Å². The number of nitrogens with zero attached hydrogens (tertiary/aromatic N) is 4. The van der Waals surface area contributed by atoms with Crippen molar-refractivity contribution in [1.82, 2.24) is 25.4 Å². The summed E-state index contributed by atoms with van der Waals surface area (Å²) < 4.78 is 1.86. The molecule has 0 fully saturated rings. The third-order valence-corrected chi connectivity index (χ3v) is 4.38. The summed E-state index contributed by atoms with van der Waals surface area (Å²) in [5, 5.41) is 11.1. The lowest BCUT2D eigenvalue weighted by Crippen LogP contribution is -2.36. The lowest BCUT2D eigenvalue weighted by molar-refractivity contribution is 0.799. The first-order chi connectivity index (χ1) is 13.5. The van der Waals surface area contributed by atoms with Crippen molar-refractivity contribution < 1.29 is 0 Å². The first-order valence-electron chi connectivity index (χ1n) is 9.61. The Balaban J connectivity index is 0.00000300. The van der Waals surface area contributed by atoms with Gasteiger partial charge in [-0.25, -0.2) is 14.7 Å². The molecule has 0 saturated heterocycles. The average Bonchev–Trinajstić information content (AvgIpc) is 3.04. The van der Waals surface area contributed by atoms with E-state index in [2.05, 4.69) is 63.8 Å². The van der Waals surface area contributed by atoms with Crippen molar-refractivity contribution >= 4 is 29.9 Å². The zero-order valence-corrected chi connectivity index (χ0v) is 19.8. The average molecular weight is 504 g/mol. The lowest BCUT2D eigenvalue weighted by Gasteiger charge is -2.11. The van der Waals surface area contributed by atoms with E-state index in [9.17, 15) is 0 Å². The molecular formula is C22H29IN6. The van der Waals surface area contributed by atoms with Gasteiger partial charge in [-0.05, 0) is 51.0 Å². The normalized spacial score (nSPS) is 11.1. The van der Waals surface area contributed by atoms with Crippen LogP contribution in [0.4, 0.5) is 0 Å². The summed E-state index contributed by atoms with van der Waals surface area (Å²) in [6.45, 7) is 10.3. The molecule has 2 aromatic heterocycles. The van der Waals surface area contributed by atoms with Gasteiger partial charge in [0.1, 0.15) is 0 Å². The molecule has 3 rings (SSSR count). The second-order valence-corrected chi connectivity index (χ2v) is 6.90. The summed E-state index contributed by atoms with van der Waals surface area (Å²) in [4.78, 5) is 9.21. The van der Waals surface area contributed by atoms with E-state index in [1.54, 1.807) is 0 Å². The van der Waals surface area contributed by atoms with Crippen LogP contribution in [0.1, 0.15) is 35.0 Å². The number of rotatable bonds is 6. The molecule has 29 heavy (non-hydrogen) atoms. The molecule has 2 heterocycles. The highest BCUT2D eigenvalue weighted by Crippen LogP contribution is 2.11. The summed E-state index contributed by atoms with van der Waals surface area (Å²) in [5.41, 5.74) is 5.61. The fraction of sp³-hybridized carbons (Fsp3) is 0.318. The third-order valence-electron chi connectivity index (χ3n) is 4.38. The van der Waals surface area contributed by atoms with Crippen molar-refractivity contribution in [3.05, 3.63) is 76.7 Å². The molecule has 0 aliphatic heterocycles. The Morgan fingerprint density at radius 3 is 2.31 bits per heavy atom. The Bertz CT molecular complexity index is 929. The molecule has 0 saturated carbocycles. The minimum atomic E-state index is 0. The Kier molecular flexibility index (Phi) is 8.63. The molecule has 7 heteroatoms. The number of pyridine rings is 1. The second-order valence-electron chi connectivity index (χ2n) is 6.90. The van der Waals surface area contributed by atoms with Crippen LogP contribution in [0.5, 0.6) is 0 Å². The van der Waals surface area contributed by atoms with Crippen molar-refractivity contribution in [2.24, 2.45) is 4.99 Å². The number of aromatic nitrogens is 3. The molecule has 6 nitrogen and oxygen atoms in total. The number of benzene rings is 1. The third kappa shape index (κ3) is 6.56. The predicted molar refractivity (Wildman–Crippen MR) is 129 cm³/mol. The van der Waals surface area contributed by atoms with Crippen molar-refractivity contribution in [1.29, 1.82) is 0 Å². The fourth-order valence-corrected chi connectivity index (χ4v) is 2.90. The lowest BCUT2D eigenvalue weighted by atomic mass is 10.1. The Morgan fingerprint density at radius 1 is 1.00 bits per heavy atom. The summed E-state index contributed by atoms with van der Waals surface area (Å²) in [5.74, 6) is 1.62. The monoisotopic (exact) mass is 504 g/mol. The Labute approximate surface area is 189 Å². The molecule has 1 aromatic carbocycles. The molecule has 0 spiro atoms. The Morgan fingerprint density at radius 2 is 1.72 bits per heavy atom. The molecule has 0 aliphatic rings. The highest BCUT2D eigenvalue weighted by Gasteiger charge is 2.05. The molecular weight excluding hydrogens is 475 g/mol. The highest BCUT2D eigenvalue weighted by atomic mass is 127. The topological polar surface area (TPSA) is 67.1 Å². The van der Waals surface area contributed by atoms with Gasteiger partial charge in [0.25, 0.3) is 0 Å². The van der Waals surface area contributed by atoms with Crippen LogP contribution in [0.25, 0.3) is 5.82 Å². The number of guanidine groups is 1. The van der Waals surface area contributed by atoms with E-state index in [-0.39, 0.29) is 24.0 Å². The maximum absolute atomic E-state index is 4.67. The molecule has 154 valence electrons. The van der Waals surface area contributed by atoms with Crippen LogP contribution in [0, 0.1) is 20.8 Å². The maximum Gasteiger partial charge on any atom is 0.191 e. The molecule has 2 N–H and O–H groups in total. The number of hydrogen-bond donors (Lipinski definition) is 2. The number of halogens is 1. The van der Waals surface area contributed by atoms with E-state index in [0.29, 0.717) is 6.54 Å².